The monoisotopic (exact) mass is 509 g/mol. The molecule has 10 heteroatoms. The predicted octanol–water partition coefficient (Wildman–Crippen LogP) is 4.36. The number of benzene rings is 1. The van der Waals surface area contributed by atoms with E-state index >= 15 is 0 Å². The van der Waals surface area contributed by atoms with Gasteiger partial charge in [-0.1, -0.05) is 13.0 Å². The molecule has 3 aromatic rings. The summed E-state index contributed by atoms with van der Waals surface area (Å²) in [6.07, 6.45) is 2.57. The molecule has 2 aromatic heterocycles. The van der Waals surface area contributed by atoms with Gasteiger partial charge >= 0.3 is 0 Å². The van der Waals surface area contributed by atoms with E-state index in [0.29, 0.717) is 29.8 Å². The van der Waals surface area contributed by atoms with Gasteiger partial charge in [0.15, 0.2) is 5.03 Å². The average molecular weight is 510 g/mol. The fourth-order valence-corrected chi connectivity index (χ4v) is 5.15. The zero-order valence-electron chi connectivity index (χ0n) is 20.9. The number of sulfonamides is 1. The van der Waals surface area contributed by atoms with Crippen LogP contribution < -0.4 is 19.7 Å². The second kappa shape index (κ2) is 10.1. The van der Waals surface area contributed by atoms with Crippen molar-refractivity contribution in [3.63, 3.8) is 0 Å². The van der Waals surface area contributed by atoms with Crippen LogP contribution in [0, 0.1) is 5.92 Å². The van der Waals surface area contributed by atoms with Crippen LogP contribution in [0.4, 0.5) is 17.3 Å². The quantitative estimate of drug-likeness (QED) is 0.460. The number of amides is 1. The van der Waals surface area contributed by atoms with E-state index in [1.807, 2.05) is 6.92 Å². The number of ether oxygens (including phenoxy) is 1. The highest BCUT2D eigenvalue weighted by molar-refractivity contribution is 7.90. The Morgan fingerprint density at radius 3 is 2.56 bits per heavy atom. The molecule has 1 fully saturated rings. The molecule has 36 heavy (non-hydrogen) atoms. The maximum absolute atomic E-state index is 13.2. The van der Waals surface area contributed by atoms with Gasteiger partial charge in [-0.2, -0.15) is 8.42 Å². The Labute approximate surface area is 212 Å². The van der Waals surface area contributed by atoms with Gasteiger partial charge in [-0.05, 0) is 81.6 Å². The van der Waals surface area contributed by atoms with E-state index in [1.54, 1.807) is 54.7 Å². The molecule has 1 saturated heterocycles. The minimum Gasteiger partial charge on any atom is -0.494 e. The first kappa shape index (κ1) is 25.4. The molecule has 1 amide bonds. The van der Waals surface area contributed by atoms with Crippen LogP contribution in [-0.2, 0) is 10.0 Å². The number of nitrogens with one attached hydrogen (secondary N) is 2. The van der Waals surface area contributed by atoms with Crippen molar-refractivity contribution in [1.82, 2.24) is 14.7 Å². The average Bonchev–Trinajstić information content (AvgIpc) is 3.12. The molecule has 1 unspecified atom stereocenters. The van der Waals surface area contributed by atoms with Crippen molar-refractivity contribution in [2.75, 3.05) is 23.4 Å². The lowest BCUT2D eigenvalue weighted by Crippen LogP contribution is -2.43. The van der Waals surface area contributed by atoms with Crippen LogP contribution in [0.1, 0.15) is 44.5 Å². The summed E-state index contributed by atoms with van der Waals surface area (Å²) in [6.45, 7) is 9.57. The standard InChI is InChI=1S/C26H31N5O4S/c1-5-35-20-13-11-19(12-14-20)28-22-9-6-10-23(29-22)36(33,34)30-25(32)21-8-7-16-27-24(21)31-17-15-18(2)26(31,3)4/h6-14,16,18H,5,15,17H2,1-4H3,(H,28,29)(H,30,32). The fraction of sp³-hybridized carbons (Fsp3) is 0.346. The van der Waals surface area contributed by atoms with Gasteiger partial charge in [0.1, 0.15) is 17.4 Å². The molecule has 0 radical (unpaired) electrons. The Kier molecular flexibility index (Phi) is 7.16. The zero-order valence-corrected chi connectivity index (χ0v) is 21.7. The predicted molar refractivity (Wildman–Crippen MR) is 139 cm³/mol. The van der Waals surface area contributed by atoms with E-state index in [2.05, 4.69) is 45.7 Å². The third-order valence-corrected chi connectivity index (χ3v) is 7.87. The van der Waals surface area contributed by atoms with Gasteiger partial charge in [-0.3, -0.25) is 4.79 Å². The van der Waals surface area contributed by atoms with Crippen molar-refractivity contribution in [3.8, 4) is 5.75 Å². The number of nitrogens with zero attached hydrogens (tertiary/aromatic N) is 3. The number of pyridine rings is 2. The van der Waals surface area contributed by atoms with Crippen LogP contribution in [0.25, 0.3) is 0 Å². The summed E-state index contributed by atoms with van der Waals surface area (Å²) in [5, 5.41) is 2.80. The van der Waals surface area contributed by atoms with Gasteiger partial charge in [-0.25, -0.2) is 14.7 Å². The van der Waals surface area contributed by atoms with Crippen molar-refractivity contribution < 1.29 is 17.9 Å². The summed E-state index contributed by atoms with van der Waals surface area (Å²) in [5.41, 5.74) is 0.698. The van der Waals surface area contributed by atoms with E-state index in [0.717, 1.165) is 18.7 Å². The maximum atomic E-state index is 13.2. The molecule has 0 spiro atoms. The first-order valence-corrected chi connectivity index (χ1v) is 13.4. The highest BCUT2D eigenvalue weighted by Gasteiger charge is 2.40. The summed E-state index contributed by atoms with van der Waals surface area (Å²) in [7, 11) is -4.23. The Balaban J connectivity index is 1.53. The summed E-state index contributed by atoms with van der Waals surface area (Å²) >= 11 is 0. The lowest BCUT2D eigenvalue weighted by Gasteiger charge is -2.36. The molecule has 190 valence electrons. The van der Waals surface area contributed by atoms with Crippen LogP contribution >= 0.6 is 0 Å². The Bertz CT molecular complexity index is 1340. The van der Waals surface area contributed by atoms with E-state index in [-0.39, 0.29) is 16.1 Å². The normalized spacial score (nSPS) is 17.0. The van der Waals surface area contributed by atoms with Crippen LogP contribution in [0.15, 0.2) is 65.8 Å². The number of anilines is 3. The molecule has 0 bridgehead atoms. The Morgan fingerprint density at radius 1 is 1.14 bits per heavy atom. The van der Waals surface area contributed by atoms with Crippen LogP contribution in [-0.4, -0.2) is 43.0 Å². The van der Waals surface area contributed by atoms with Crippen molar-refractivity contribution >= 4 is 33.3 Å². The molecule has 1 atom stereocenters. The summed E-state index contributed by atoms with van der Waals surface area (Å²) in [5.74, 6) is 1.17. The topological polar surface area (TPSA) is 114 Å². The lowest BCUT2D eigenvalue weighted by atomic mass is 9.90. The molecule has 9 nitrogen and oxygen atoms in total. The number of hydrogen-bond acceptors (Lipinski definition) is 8. The third-order valence-electron chi connectivity index (χ3n) is 6.64. The first-order valence-electron chi connectivity index (χ1n) is 11.9. The molecule has 1 aromatic carbocycles. The van der Waals surface area contributed by atoms with E-state index in [1.165, 1.54) is 6.07 Å². The highest BCUT2D eigenvalue weighted by Crippen LogP contribution is 2.38. The molecular weight excluding hydrogens is 478 g/mol. The second-order valence-electron chi connectivity index (χ2n) is 9.25. The van der Waals surface area contributed by atoms with Crippen molar-refractivity contribution in [1.29, 1.82) is 0 Å². The molecule has 0 saturated carbocycles. The van der Waals surface area contributed by atoms with Crippen LogP contribution in [0.5, 0.6) is 5.75 Å². The van der Waals surface area contributed by atoms with Gasteiger partial charge in [0, 0.05) is 24.0 Å². The van der Waals surface area contributed by atoms with Crippen molar-refractivity contribution in [2.24, 2.45) is 5.92 Å². The highest BCUT2D eigenvalue weighted by atomic mass is 32.2. The molecule has 2 N–H and O–H groups in total. The molecule has 1 aliphatic heterocycles. The third kappa shape index (κ3) is 5.28. The van der Waals surface area contributed by atoms with Crippen molar-refractivity contribution in [3.05, 3.63) is 66.4 Å². The smallest absolute Gasteiger partial charge is 0.281 e. The summed E-state index contributed by atoms with van der Waals surface area (Å²) in [6, 6.07) is 15.0. The Morgan fingerprint density at radius 2 is 1.89 bits per heavy atom. The number of carbonyl (C=O) groups is 1. The van der Waals surface area contributed by atoms with E-state index < -0.39 is 15.9 Å². The Hall–Kier alpha value is -3.66. The number of hydrogen-bond donors (Lipinski definition) is 2. The van der Waals surface area contributed by atoms with E-state index in [9.17, 15) is 13.2 Å². The van der Waals surface area contributed by atoms with Gasteiger partial charge in [0.25, 0.3) is 15.9 Å². The van der Waals surface area contributed by atoms with Crippen LogP contribution in [0.2, 0.25) is 0 Å². The number of rotatable bonds is 8. The zero-order chi connectivity index (χ0) is 25.9. The lowest BCUT2D eigenvalue weighted by molar-refractivity contribution is 0.0981. The largest absolute Gasteiger partial charge is 0.494 e. The molecule has 4 rings (SSSR count). The molecule has 3 heterocycles. The van der Waals surface area contributed by atoms with Gasteiger partial charge < -0.3 is 15.0 Å². The first-order chi connectivity index (χ1) is 17.1. The van der Waals surface area contributed by atoms with Crippen molar-refractivity contribution in [2.45, 2.75) is 44.7 Å². The number of aromatic nitrogens is 2. The number of carbonyl (C=O) groups excluding carboxylic acids is 1. The molecule has 1 aliphatic rings. The molecule has 0 aliphatic carbocycles. The van der Waals surface area contributed by atoms with Gasteiger partial charge in [0.05, 0.1) is 12.2 Å². The summed E-state index contributed by atoms with van der Waals surface area (Å²) < 4.78 is 33.8. The fourth-order valence-electron chi connectivity index (χ4n) is 4.21. The van der Waals surface area contributed by atoms with Crippen LogP contribution in [0.3, 0.4) is 0 Å². The second-order valence-corrected chi connectivity index (χ2v) is 10.9. The maximum Gasteiger partial charge on any atom is 0.281 e. The minimum absolute atomic E-state index is 0.201. The van der Waals surface area contributed by atoms with Gasteiger partial charge in [0.2, 0.25) is 0 Å². The SMILES string of the molecule is CCOc1ccc(Nc2cccc(S(=O)(=O)NC(=O)c3cccnc3N3CCC(C)C3(C)C)n2)cc1. The summed E-state index contributed by atoms with van der Waals surface area (Å²) in [4.78, 5) is 23.9. The van der Waals surface area contributed by atoms with Gasteiger partial charge in [-0.15, -0.1) is 0 Å². The minimum atomic E-state index is -4.23. The van der Waals surface area contributed by atoms with E-state index in [4.69, 9.17) is 4.74 Å². The molecular formula is C26H31N5O4S.